The quantitative estimate of drug-likeness (QED) is 0.672. The van der Waals surface area contributed by atoms with Crippen molar-refractivity contribution in [3.63, 3.8) is 0 Å². The van der Waals surface area contributed by atoms with Gasteiger partial charge in [-0.05, 0) is 36.4 Å². The molecule has 1 N–H and O–H groups in total. The average Bonchev–Trinajstić information content (AvgIpc) is 3.31. The number of hydrogen-bond donors (Lipinski definition) is 1. The number of aryl methyl sites for hydroxylation is 1. The van der Waals surface area contributed by atoms with Crippen LogP contribution in [0.15, 0.2) is 41.8 Å². The molecule has 2 aromatic heterocycles. The Labute approximate surface area is 174 Å². The van der Waals surface area contributed by atoms with E-state index >= 15 is 0 Å². The first-order valence-electron chi connectivity index (χ1n) is 10.3. The molecule has 0 bridgehead atoms. The Kier molecular flexibility index (Phi) is 6.24. The van der Waals surface area contributed by atoms with E-state index in [4.69, 9.17) is 4.98 Å². The summed E-state index contributed by atoms with van der Waals surface area (Å²) in [4.78, 5) is 32.4. The number of thiophene rings is 1. The highest BCUT2D eigenvalue weighted by atomic mass is 32.1. The maximum absolute atomic E-state index is 12.7. The van der Waals surface area contributed by atoms with Gasteiger partial charge in [0.2, 0.25) is 5.91 Å². The Morgan fingerprint density at radius 3 is 2.59 bits per heavy atom. The molecule has 6 nitrogen and oxygen atoms in total. The molecule has 0 atom stereocenters. The lowest BCUT2D eigenvalue weighted by Gasteiger charge is -2.20. The van der Waals surface area contributed by atoms with Crippen molar-refractivity contribution in [1.82, 2.24) is 19.8 Å². The summed E-state index contributed by atoms with van der Waals surface area (Å²) in [7, 11) is 0. The van der Waals surface area contributed by atoms with Gasteiger partial charge >= 0.3 is 0 Å². The topological polar surface area (TPSA) is 67.2 Å². The molecule has 0 aliphatic carbocycles. The summed E-state index contributed by atoms with van der Waals surface area (Å²) in [6, 6.07) is 11.6. The van der Waals surface area contributed by atoms with Crippen LogP contribution in [0.3, 0.4) is 0 Å². The first kappa shape index (κ1) is 19.6. The fourth-order valence-corrected chi connectivity index (χ4v) is 4.49. The summed E-state index contributed by atoms with van der Waals surface area (Å²) < 4.78 is 2.07. The summed E-state index contributed by atoms with van der Waals surface area (Å²) in [5.74, 6) is 0.886. The smallest absolute Gasteiger partial charge is 0.261 e. The molecule has 0 unspecified atom stereocenters. The molecular formula is C22H26N4O2S. The number of para-hydroxylation sites is 2. The summed E-state index contributed by atoms with van der Waals surface area (Å²) in [5.41, 5.74) is 1.88. The van der Waals surface area contributed by atoms with Gasteiger partial charge < -0.3 is 14.8 Å². The number of aromatic nitrogens is 2. The van der Waals surface area contributed by atoms with Crippen LogP contribution in [0, 0.1) is 0 Å². The molecule has 152 valence electrons. The van der Waals surface area contributed by atoms with Crippen LogP contribution in [-0.4, -0.2) is 39.4 Å². The predicted molar refractivity (Wildman–Crippen MR) is 115 cm³/mol. The van der Waals surface area contributed by atoms with Gasteiger partial charge in [-0.2, -0.15) is 0 Å². The second kappa shape index (κ2) is 9.22. The van der Waals surface area contributed by atoms with Crippen molar-refractivity contribution in [3.05, 3.63) is 52.5 Å². The average molecular weight is 411 g/mol. The number of likely N-dealkylation sites (tertiary alicyclic amines) is 1. The van der Waals surface area contributed by atoms with E-state index in [2.05, 4.69) is 9.88 Å². The summed E-state index contributed by atoms with van der Waals surface area (Å²) in [5, 5.41) is 4.84. The number of nitrogens with zero attached hydrogens (tertiary/aromatic N) is 3. The lowest BCUT2D eigenvalue weighted by atomic mass is 10.2. The molecule has 3 heterocycles. The van der Waals surface area contributed by atoms with Crippen molar-refractivity contribution in [2.75, 3.05) is 13.1 Å². The van der Waals surface area contributed by atoms with Crippen LogP contribution in [0.1, 0.15) is 47.6 Å². The monoisotopic (exact) mass is 410 g/mol. The minimum atomic E-state index is -0.0979. The third-order valence-corrected chi connectivity index (χ3v) is 6.26. The fraction of sp³-hybridized carbons (Fsp3) is 0.409. The maximum Gasteiger partial charge on any atom is 0.261 e. The van der Waals surface area contributed by atoms with Gasteiger partial charge in [-0.15, -0.1) is 11.3 Å². The highest BCUT2D eigenvalue weighted by molar-refractivity contribution is 7.12. The summed E-state index contributed by atoms with van der Waals surface area (Å²) >= 11 is 1.42. The molecule has 3 aromatic rings. The minimum Gasteiger partial charge on any atom is -0.344 e. The number of hydrogen-bond acceptors (Lipinski definition) is 4. The third kappa shape index (κ3) is 4.67. The Morgan fingerprint density at radius 2 is 1.83 bits per heavy atom. The van der Waals surface area contributed by atoms with Crippen LogP contribution < -0.4 is 5.32 Å². The van der Waals surface area contributed by atoms with Crippen LogP contribution in [-0.2, 0) is 17.9 Å². The normalized spacial score (nSPS) is 14.7. The van der Waals surface area contributed by atoms with Crippen molar-refractivity contribution in [3.8, 4) is 0 Å². The molecule has 1 aliphatic heterocycles. The number of rotatable bonds is 6. The van der Waals surface area contributed by atoms with Crippen LogP contribution >= 0.6 is 11.3 Å². The minimum absolute atomic E-state index is 0.0979. The second-order valence-corrected chi connectivity index (χ2v) is 8.32. The van der Waals surface area contributed by atoms with Gasteiger partial charge in [0.05, 0.1) is 22.5 Å². The number of imidazole rings is 1. The fourth-order valence-electron chi connectivity index (χ4n) is 3.85. The van der Waals surface area contributed by atoms with E-state index in [0.29, 0.717) is 24.4 Å². The van der Waals surface area contributed by atoms with E-state index < -0.39 is 0 Å². The van der Waals surface area contributed by atoms with Gasteiger partial charge in [-0.25, -0.2) is 4.98 Å². The molecule has 0 radical (unpaired) electrons. The zero-order valence-corrected chi connectivity index (χ0v) is 17.3. The van der Waals surface area contributed by atoms with E-state index in [9.17, 15) is 9.59 Å². The molecule has 2 amide bonds. The molecule has 7 heteroatoms. The Balaban J connectivity index is 1.47. The lowest BCUT2D eigenvalue weighted by molar-refractivity contribution is -0.131. The molecule has 29 heavy (non-hydrogen) atoms. The van der Waals surface area contributed by atoms with E-state index in [1.54, 1.807) is 0 Å². The standard InChI is InChI=1S/C22H26N4O2S/c27-21(25-12-5-1-2-6-13-25)11-14-26-18-9-4-3-8-17(18)24-20(26)16-23-22(28)19-10-7-15-29-19/h3-4,7-10,15H,1-2,5-6,11-14,16H2,(H,23,28). The summed E-state index contributed by atoms with van der Waals surface area (Å²) in [6.45, 7) is 2.64. The molecular weight excluding hydrogens is 384 g/mol. The van der Waals surface area contributed by atoms with Crippen molar-refractivity contribution in [1.29, 1.82) is 0 Å². The third-order valence-electron chi connectivity index (χ3n) is 5.39. The number of benzene rings is 1. The van der Waals surface area contributed by atoms with Gasteiger partial charge in [-0.3, -0.25) is 9.59 Å². The van der Waals surface area contributed by atoms with Gasteiger partial charge in [0, 0.05) is 26.1 Å². The zero-order chi connectivity index (χ0) is 20.1. The van der Waals surface area contributed by atoms with Crippen molar-refractivity contribution >= 4 is 34.2 Å². The van der Waals surface area contributed by atoms with Gasteiger partial charge in [-0.1, -0.05) is 31.0 Å². The van der Waals surface area contributed by atoms with Crippen molar-refractivity contribution in [2.45, 2.75) is 45.2 Å². The molecule has 1 saturated heterocycles. The number of carbonyl (C=O) groups is 2. The van der Waals surface area contributed by atoms with Crippen LogP contribution in [0.25, 0.3) is 11.0 Å². The lowest BCUT2D eigenvalue weighted by Crippen LogP contribution is -2.32. The number of amides is 2. The highest BCUT2D eigenvalue weighted by Gasteiger charge is 2.18. The number of nitrogens with one attached hydrogen (secondary N) is 1. The zero-order valence-electron chi connectivity index (χ0n) is 16.5. The molecule has 1 aromatic carbocycles. The van der Waals surface area contributed by atoms with Crippen molar-refractivity contribution < 1.29 is 9.59 Å². The van der Waals surface area contributed by atoms with Gasteiger partial charge in [0.1, 0.15) is 5.82 Å². The molecule has 1 fully saturated rings. The SMILES string of the molecule is O=C(NCc1nc2ccccc2n1CCC(=O)N1CCCCCC1)c1cccs1. The predicted octanol–water partition coefficient (Wildman–Crippen LogP) is 3.82. The highest BCUT2D eigenvalue weighted by Crippen LogP contribution is 2.18. The van der Waals surface area contributed by atoms with Crippen LogP contribution in [0.2, 0.25) is 0 Å². The Bertz CT molecular complexity index is 972. The maximum atomic E-state index is 12.7. The first-order chi connectivity index (χ1) is 14.2. The Morgan fingerprint density at radius 1 is 1.03 bits per heavy atom. The van der Waals surface area contributed by atoms with E-state index in [0.717, 1.165) is 42.8 Å². The van der Waals surface area contributed by atoms with Crippen molar-refractivity contribution in [2.24, 2.45) is 0 Å². The Hall–Kier alpha value is -2.67. The first-order valence-corrected chi connectivity index (χ1v) is 11.1. The van der Waals surface area contributed by atoms with E-state index in [1.807, 2.05) is 46.7 Å². The van der Waals surface area contributed by atoms with E-state index in [1.165, 1.54) is 24.2 Å². The van der Waals surface area contributed by atoms with Gasteiger partial charge in [0.25, 0.3) is 5.91 Å². The molecule has 1 aliphatic rings. The number of fused-ring (bicyclic) bond motifs is 1. The number of carbonyl (C=O) groups excluding carboxylic acids is 2. The van der Waals surface area contributed by atoms with Crippen LogP contribution in [0.5, 0.6) is 0 Å². The molecule has 0 spiro atoms. The second-order valence-electron chi connectivity index (χ2n) is 7.37. The van der Waals surface area contributed by atoms with Gasteiger partial charge in [0.15, 0.2) is 0 Å². The molecule has 0 saturated carbocycles. The van der Waals surface area contributed by atoms with E-state index in [-0.39, 0.29) is 11.8 Å². The summed E-state index contributed by atoms with van der Waals surface area (Å²) in [6.07, 6.45) is 5.07. The largest absolute Gasteiger partial charge is 0.344 e. The molecule has 4 rings (SSSR count). The van der Waals surface area contributed by atoms with Crippen LogP contribution in [0.4, 0.5) is 0 Å².